The summed E-state index contributed by atoms with van der Waals surface area (Å²) in [6.45, 7) is 2.27. The lowest BCUT2D eigenvalue weighted by molar-refractivity contribution is -0.131. The van der Waals surface area contributed by atoms with Crippen LogP contribution in [0.5, 0.6) is 0 Å². The van der Waals surface area contributed by atoms with Gasteiger partial charge >= 0.3 is 0 Å². The second-order valence-corrected chi connectivity index (χ2v) is 11.1. The molecule has 1 saturated heterocycles. The van der Waals surface area contributed by atoms with Gasteiger partial charge < -0.3 is 4.90 Å². The van der Waals surface area contributed by atoms with E-state index in [0.717, 1.165) is 6.26 Å². The minimum absolute atomic E-state index is 0.104. The van der Waals surface area contributed by atoms with Crippen LogP contribution in [0.25, 0.3) is 0 Å². The predicted molar refractivity (Wildman–Crippen MR) is 139 cm³/mol. The Kier molecular flexibility index (Phi) is 7.70. The van der Waals surface area contributed by atoms with Gasteiger partial charge in [-0.15, -0.1) is 0 Å². The molecular formula is C26H28BrN3O3S. The van der Waals surface area contributed by atoms with Gasteiger partial charge in [0, 0.05) is 30.7 Å². The van der Waals surface area contributed by atoms with E-state index >= 15 is 0 Å². The molecule has 8 heteroatoms. The number of benzene rings is 3. The van der Waals surface area contributed by atoms with Crippen molar-refractivity contribution >= 4 is 37.5 Å². The van der Waals surface area contributed by atoms with E-state index < -0.39 is 10.0 Å². The van der Waals surface area contributed by atoms with Gasteiger partial charge in [0.05, 0.1) is 18.0 Å². The number of halogens is 1. The molecule has 0 N–H and O–H groups in total. The molecule has 3 aromatic carbocycles. The highest BCUT2D eigenvalue weighted by Crippen LogP contribution is 2.30. The molecule has 3 aromatic rings. The number of hydrogen-bond donors (Lipinski definition) is 0. The maximum Gasteiger partial charge on any atom is 0.243 e. The monoisotopic (exact) mass is 541 g/mol. The second-order valence-electron chi connectivity index (χ2n) is 8.36. The van der Waals surface area contributed by atoms with Crippen LogP contribution in [0.4, 0.5) is 5.69 Å². The van der Waals surface area contributed by atoms with Gasteiger partial charge in [0.15, 0.2) is 0 Å². The van der Waals surface area contributed by atoms with Gasteiger partial charge in [-0.1, -0.05) is 72.8 Å². The van der Waals surface area contributed by atoms with Gasteiger partial charge in [0.25, 0.3) is 0 Å². The first-order valence-electron chi connectivity index (χ1n) is 11.2. The van der Waals surface area contributed by atoms with E-state index in [1.165, 1.54) is 15.4 Å². The Balaban J connectivity index is 1.48. The Morgan fingerprint density at radius 3 is 1.85 bits per heavy atom. The van der Waals surface area contributed by atoms with Gasteiger partial charge in [0.2, 0.25) is 15.9 Å². The Bertz CT molecular complexity index is 1170. The minimum Gasteiger partial charge on any atom is -0.339 e. The van der Waals surface area contributed by atoms with Crippen molar-refractivity contribution in [2.45, 2.75) is 6.04 Å². The van der Waals surface area contributed by atoms with Gasteiger partial charge in [-0.05, 0) is 39.2 Å². The first-order chi connectivity index (χ1) is 16.3. The summed E-state index contributed by atoms with van der Waals surface area (Å²) in [6, 6.07) is 27.9. The van der Waals surface area contributed by atoms with E-state index in [4.69, 9.17) is 0 Å². The van der Waals surface area contributed by atoms with Crippen molar-refractivity contribution in [1.29, 1.82) is 0 Å². The highest BCUT2D eigenvalue weighted by molar-refractivity contribution is 9.10. The zero-order valence-corrected chi connectivity index (χ0v) is 21.5. The maximum atomic E-state index is 13.1. The molecule has 1 amide bonds. The van der Waals surface area contributed by atoms with Crippen molar-refractivity contribution in [2.24, 2.45) is 0 Å². The average molecular weight is 542 g/mol. The van der Waals surface area contributed by atoms with Crippen LogP contribution in [-0.4, -0.2) is 63.1 Å². The molecular weight excluding hydrogens is 514 g/mol. The average Bonchev–Trinajstić information content (AvgIpc) is 2.84. The van der Waals surface area contributed by atoms with Crippen molar-refractivity contribution in [3.8, 4) is 0 Å². The normalized spacial score (nSPS) is 14.9. The topological polar surface area (TPSA) is 60.9 Å². The summed E-state index contributed by atoms with van der Waals surface area (Å²) in [5, 5.41) is 0. The number of amides is 1. The summed E-state index contributed by atoms with van der Waals surface area (Å²) in [4.78, 5) is 17.3. The molecule has 1 heterocycles. The van der Waals surface area contributed by atoms with E-state index in [2.05, 4.69) is 45.1 Å². The second kappa shape index (κ2) is 10.7. The minimum atomic E-state index is -3.63. The van der Waals surface area contributed by atoms with Crippen LogP contribution in [0.2, 0.25) is 0 Å². The first-order valence-corrected chi connectivity index (χ1v) is 13.8. The third kappa shape index (κ3) is 5.68. The lowest BCUT2D eigenvalue weighted by atomic mass is 9.96. The van der Waals surface area contributed by atoms with Crippen LogP contribution in [0.1, 0.15) is 17.2 Å². The molecule has 0 bridgehead atoms. The number of carbonyl (C=O) groups excluding carboxylic acids is 1. The molecule has 34 heavy (non-hydrogen) atoms. The van der Waals surface area contributed by atoms with E-state index in [1.54, 1.807) is 23.1 Å². The fourth-order valence-electron chi connectivity index (χ4n) is 4.37. The number of carbonyl (C=O) groups is 1. The molecule has 1 fully saturated rings. The Morgan fingerprint density at radius 2 is 1.35 bits per heavy atom. The lowest BCUT2D eigenvalue weighted by Crippen LogP contribution is -2.52. The third-order valence-electron chi connectivity index (χ3n) is 6.06. The highest BCUT2D eigenvalue weighted by atomic mass is 79.9. The van der Waals surface area contributed by atoms with Gasteiger partial charge in [-0.3, -0.25) is 14.0 Å². The maximum absolute atomic E-state index is 13.1. The smallest absolute Gasteiger partial charge is 0.243 e. The van der Waals surface area contributed by atoms with Crippen molar-refractivity contribution < 1.29 is 13.2 Å². The molecule has 0 radical (unpaired) electrons. The summed E-state index contributed by atoms with van der Waals surface area (Å²) in [6.07, 6.45) is 1.13. The van der Waals surface area contributed by atoms with Crippen molar-refractivity contribution in [3.63, 3.8) is 0 Å². The van der Waals surface area contributed by atoms with Crippen molar-refractivity contribution in [2.75, 3.05) is 43.3 Å². The fraction of sp³-hybridized carbons (Fsp3) is 0.269. The van der Waals surface area contributed by atoms with Crippen LogP contribution >= 0.6 is 15.9 Å². The molecule has 0 saturated carbocycles. The number of piperazine rings is 1. The summed E-state index contributed by atoms with van der Waals surface area (Å²) in [5.41, 5.74) is 2.89. The molecule has 0 aliphatic carbocycles. The molecule has 0 unspecified atom stereocenters. The van der Waals surface area contributed by atoms with Crippen LogP contribution in [-0.2, 0) is 14.8 Å². The molecule has 0 aromatic heterocycles. The Morgan fingerprint density at radius 1 is 0.853 bits per heavy atom. The lowest BCUT2D eigenvalue weighted by Gasteiger charge is -2.40. The predicted octanol–water partition coefficient (Wildman–Crippen LogP) is 4.15. The molecule has 178 valence electrons. The highest BCUT2D eigenvalue weighted by Gasteiger charge is 2.30. The van der Waals surface area contributed by atoms with Crippen LogP contribution in [0, 0.1) is 0 Å². The zero-order chi connectivity index (χ0) is 24.1. The summed E-state index contributed by atoms with van der Waals surface area (Å²) in [5.74, 6) is -0.197. The number of anilines is 1. The Hall–Kier alpha value is -2.68. The summed E-state index contributed by atoms with van der Waals surface area (Å²) in [7, 11) is -3.63. The largest absolute Gasteiger partial charge is 0.339 e. The number of nitrogens with zero attached hydrogens (tertiary/aromatic N) is 3. The fourth-order valence-corrected chi connectivity index (χ4v) is 5.85. The molecule has 1 aliphatic rings. The summed E-state index contributed by atoms with van der Waals surface area (Å²) >= 11 is 3.41. The van der Waals surface area contributed by atoms with E-state index in [-0.39, 0.29) is 18.5 Å². The van der Waals surface area contributed by atoms with Crippen molar-refractivity contribution in [3.05, 3.63) is 101 Å². The molecule has 4 rings (SSSR count). The quantitative estimate of drug-likeness (QED) is 0.450. The number of rotatable bonds is 7. The van der Waals surface area contributed by atoms with Crippen molar-refractivity contribution in [1.82, 2.24) is 9.80 Å². The van der Waals surface area contributed by atoms with Gasteiger partial charge in [0.1, 0.15) is 6.54 Å². The van der Waals surface area contributed by atoms with E-state index in [9.17, 15) is 13.2 Å². The van der Waals surface area contributed by atoms with Gasteiger partial charge in [-0.25, -0.2) is 8.42 Å². The standard InChI is InChI=1S/C26H28BrN3O3S/c1-34(32,33)30(24-15-9-8-14-23(24)27)20-25(31)28-16-18-29(19-17-28)26(21-10-4-2-5-11-21)22-12-6-3-7-13-22/h2-15,26H,16-20H2,1H3. The Labute approximate surface area is 210 Å². The van der Waals surface area contributed by atoms with E-state index in [0.29, 0.717) is 36.3 Å². The van der Waals surface area contributed by atoms with Crippen LogP contribution in [0.15, 0.2) is 89.4 Å². The molecule has 0 spiro atoms. The molecule has 6 nitrogen and oxygen atoms in total. The number of sulfonamides is 1. The van der Waals surface area contributed by atoms with Crippen LogP contribution in [0.3, 0.4) is 0 Å². The first kappa shape index (κ1) is 24.4. The van der Waals surface area contributed by atoms with E-state index in [1.807, 2.05) is 42.5 Å². The SMILES string of the molecule is CS(=O)(=O)N(CC(=O)N1CCN(C(c2ccccc2)c2ccccc2)CC1)c1ccccc1Br. The zero-order valence-electron chi connectivity index (χ0n) is 19.0. The third-order valence-corrected chi connectivity index (χ3v) is 7.86. The molecule has 1 aliphatic heterocycles. The van der Waals surface area contributed by atoms with Crippen LogP contribution < -0.4 is 4.31 Å². The number of hydrogen-bond acceptors (Lipinski definition) is 4. The number of para-hydroxylation sites is 1. The summed E-state index contributed by atoms with van der Waals surface area (Å²) < 4.78 is 26.8. The van der Waals surface area contributed by atoms with Gasteiger partial charge in [-0.2, -0.15) is 0 Å². The molecule has 0 atom stereocenters.